The van der Waals surface area contributed by atoms with Gasteiger partial charge in [-0.25, -0.2) is 4.79 Å². The van der Waals surface area contributed by atoms with Gasteiger partial charge in [0.05, 0.1) is 5.69 Å². The van der Waals surface area contributed by atoms with Crippen molar-refractivity contribution in [2.24, 2.45) is 0 Å². The SMILES string of the molecule is O=c1cc(-c2oc3ccccc3c2-n2cccc2)c2cc3c(cc2o1)CCC3. The van der Waals surface area contributed by atoms with Crippen LogP contribution in [0.25, 0.3) is 38.9 Å². The summed E-state index contributed by atoms with van der Waals surface area (Å²) in [6.45, 7) is 0. The van der Waals surface area contributed by atoms with E-state index in [1.807, 2.05) is 59.4 Å². The van der Waals surface area contributed by atoms with Gasteiger partial charge < -0.3 is 13.4 Å². The molecule has 0 N–H and O–H groups in total. The van der Waals surface area contributed by atoms with E-state index >= 15 is 0 Å². The third-order valence-electron chi connectivity index (χ3n) is 5.63. The number of fused-ring (bicyclic) bond motifs is 3. The summed E-state index contributed by atoms with van der Waals surface area (Å²) in [7, 11) is 0. The van der Waals surface area contributed by atoms with Crippen molar-refractivity contribution < 1.29 is 8.83 Å². The number of hydrogen-bond acceptors (Lipinski definition) is 3. The zero-order valence-electron chi connectivity index (χ0n) is 15.1. The van der Waals surface area contributed by atoms with E-state index in [1.165, 1.54) is 11.1 Å². The Morgan fingerprint density at radius 1 is 0.786 bits per heavy atom. The fourth-order valence-corrected chi connectivity index (χ4v) is 4.37. The lowest BCUT2D eigenvalue weighted by molar-refractivity contribution is 0.559. The summed E-state index contributed by atoms with van der Waals surface area (Å²) in [5.41, 5.74) is 5.39. The lowest BCUT2D eigenvalue weighted by atomic mass is 10.0. The third-order valence-corrected chi connectivity index (χ3v) is 5.63. The lowest BCUT2D eigenvalue weighted by Gasteiger charge is -2.09. The number of aromatic nitrogens is 1. The van der Waals surface area contributed by atoms with Crippen LogP contribution in [0.1, 0.15) is 17.5 Å². The fourth-order valence-electron chi connectivity index (χ4n) is 4.37. The highest BCUT2D eigenvalue weighted by molar-refractivity contribution is 6.01. The van der Waals surface area contributed by atoms with Gasteiger partial charge in [-0.1, -0.05) is 12.1 Å². The van der Waals surface area contributed by atoms with Gasteiger partial charge in [0.2, 0.25) is 0 Å². The first kappa shape index (κ1) is 15.5. The molecule has 0 saturated carbocycles. The van der Waals surface area contributed by atoms with Crippen LogP contribution in [-0.4, -0.2) is 4.57 Å². The van der Waals surface area contributed by atoms with Gasteiger partial charge in [-0.3, -0.25) is 0 Å². The Morgan fingerprint density at radius 3 is 2.43 bits per heavy atom. The predicted octanol–water partition coefficient (Wildman–Crippen LogP) is 5.49. The zero-order valence-corrected chi connectivity index (χ0v) is 15.1. The second-order valence-electron chi connectivity index (χ2n) is 7.32. The van der Waals surface area contributed by atoms with Gasteiger partial charge in [0.15, 0.2) is 5.76 Å². The standard InChI is InChI=1S/C24H17NO3/c26-22-14-19(18-12-15-6-5-7-16(15)13-21(18)27-22)24-23(25-10-3-4-11-25)17-8-1-2-9-20(17)28-24/h1-4,8-14H,5-7H2. The molecule has 4 heteroatoms. The smallest absolute Gasteiger partial charge is 0.336 e. The Balaban J connectivity index is 1.74. The quantitative estimate of drug-likeness (QED) is 0.388. The number of nitrogens with zero attached hydrogens (tertiary/aromatic N) is 1. The molecule has 28 heavy (non-hydrogen) atoms. The summed E-state index contributed by atoms with van der Waals surface area (Å²) in [5, 5.41) is 1.93. The molecule has 1 aliphatic carbocycles. The van der Waals surface area contributed by atoms with E-state index in [4.69, 9.17) is 8.83 Å². The van der Waals surface area contributed by atoms with E-state index < -0.39 is 0 Å². The second kappa shape index (κ2) is 5.73. The van der Waals surface area contributed by atoms with Gasteiger partial charge in [0.1, 0.15) is 11.2 Å². The highest BCUT2D eigenvalue weighted by atomic mass is 16.4. The Morgan fingerprint density at radius 2 is 1.57 bits per heavy atom. The Hall–Kier alpha value is -3.53. The third kappa shape index (κ3) is 2.21. The molecule has 5 aromatic rings. The minimum Gasteiger partial charge on any atom is -0.454 e. The monoisotopic (exact) mass is 367 g/mol. The number of hydrogen-bond donors (Lipinski definition) is 0. The van der Waals surface area contributed by atoms with Crippen molar-refractivity contribution in [1.82, 2.24) is 4.57 Å². The van der Waals surface area contributed by atoms with Gasteiger partial charge in [-0.2, -0.15) is 0 Å². The number of benzene rings is 2. The minimum atomic E-state index is -0.362. The molecular weight excluding hydrogens is 350 g/mol. The minimum absolute atomic E-state index is 0.362. The number of rotatable bonds is 2. The first-order chi connectivity index (χ1) is 13.8. The summed E-state index contributed by atoms with van der Waals surface area (Å²) in [5.74, 6) is 0.688. The maximum Gasteiger partial charge on any atom is 0.336 e. The van der Waals surface area contributed by atoms with Crippen molar-refractivity contribution in [3.05, 3.63) is 88.5 Å². The van der Waals surface area contributed by atoms with E-state index in [1.54, 1.807) is 6.07 Å². The lowest BCUT2D eigenvalue weighted by Crippen LogP contribution is -2.00. The van der Waals surface area contributed by atoms with Gasteiger partial charge in [-0.15, -0.1) is 0 Å². The molecule has 0 unspecified atom stereocenters. The number of para-hydroxylation sites is 1. The molecule has 0 aliphatic heterocycles. The molecule has 0 spiro atoms. The van der Waals surface area contributed by atoms with E-state index in [2.05, 4.69) is 6.07 Å². The van der Waals surface area contributed by atoms with E-state index in [9.17, 15) is 4.79 Å². The van der Waals surface area contributed by atoms with Crippen LogP contribution in [0.5, 0.6) is 0 Å². The molecule has 3 aromatic heterocycles. The van der Waals surface area contributed by atoms with E-state index in [0.717, 1.165) is 46.9 Å². The average molecular weight is 367 g/mol. The Kier molecular flexibility index (Phi) is 3.18. The summed E-state index contributed by atoms with van der Waals surface area (Å²) in [6, 6.07) is 17.7. The topological polar surface area (TPSA) is 48.3 Å². The van der Waals surface area contributed by atoms with Crippen LogP contribution in [0.2, 0.25) is 0 Å². The van der Waals surface area contributed by atoms with Gasteiger partial charge in [0, 0.05) is 34.8 Å². The molecule has 0 amide bonds. The molecule has 1 aliphatic rings. The zero-order chi connectivity index (χ0) is 18.7. The largest absolute Gasteiger partial charge is 0.454 e. The Bertz CT molecular complexity index is 1400. The van der Waals surface area contributed by atoms with Gasteiger partial charge >= 0.3 is 5.63 Å². The average Bonchev–Trinajstić information content (AvgIpc) is 3.43. The summed E-state index contributed by atoms with van der Waals surface area (Å²) < 4.78 is 13.9. The fraction of sp³-hybridized carbons (Fsp3) is 0.125. The molecule has 0 fully saturated rings. The number of furan rings is 1. The van der Waals surface area contributed by atoms with Crippen LogP contribution < -0.4 is 5.63 Å². The van der Waals surface area contributed by atoms with Crippen molar-refractivity contribution in [2.75, 3.05) is 0 Å². The van der Waals surface area contributed by atoms with Crippen LogP contribution in [-0.2, 0) is 12.8 Å². The van der Waals surface area contributed by atoms with Crippen molar-refractivity contribution in [2.45, 2.75) is 19.3 Å². The molecule has 0 saturated heterocycles. The van der Waals surface area contributed by atoms with Crippen molar-refractivity contribution >= 4 is 21.9 Å². The predicted molar refractivity (Wildman–Crippen MR) is 109 cm³/mol. The maximum absolute atomic E-state index is 12.4. The molecule has 3 heterocycles. The summed E-state index contributed by atoms with van der Waals surface area (Å²) in [4.78, 5) is 12.4. The normalized spacial score (nSPS) is 13.4. The molecular formula is C24H17NO3. The molecule has 136 valence electrons. The number of aryl methyl sites for hydroxylation is 2. The first-order valence-electron chi connectivity index (χ1n) is 9.53. The van der Waals surface area contributed by atoms with Gasteiger partial charge in [-0.05, 0) is 66.8 Å². The Labute approximate surface area is 160 Å². The summed E-state index contributed by atoms with van der Waals surface area (Å²) >= 11 is 0. The van der Waals surface area contributed by atoms with Crippen molar-refractivity contribution in [3.8, 4) is 17.0 Å². The van der Waals surface area contributed by atoms with Crippen molar-refractivity contribution in [3.63, 3.8) is 0 Å². The maximum atomic E-state index is 12.4. The van der Waals surface area contributed by atoms with Crippen LogP contribution in [0.3, 0.4) is 0 Å². The molecule has 0 atom stereocenters. The molecule has 4 nitrogen and oxygen atoms in total. The van der Waals surface area contributed by atoms with Crippen LogP contribution in [0.15, 0.2) is 80.6 Å². The molecule has 2 aromatic carbocycles. The van der Waals surface area contributed by atoms with Crippen LogP contribution in [0.4, 0.5) is 0 Å². The molecule has 0 bridgehead atoms. The highest BCUT2D eigenvalue weighted by Gasteiger charge is 2.22. The van der Waals surface area contributed by atoms with Crippen LogP contribution >= 0.6 is 0 Å². The second-order valence-corrected chi connectivity index (χ2v) is 7.32. The highest BCUT2D eigenvalue weighted by Crippen LogP contribution is 2.40. The van der Waals surface area contributed by atoms with E-state index in [-0.39, 0.29) is 5.63 Å². The van der Waals surface area contributed by atoms with Gasteiger partial charge in [0.25, 0.3) is 0 Å². The molecule has 0 radical (unpaired) electrons. The molecule has 6 rings (SSSR count). The van der Waals surface area contributed by atoms with Crippen molar-refractivity contribution in [1.29, 1.82) is 0 Å². The van der Waals surface area contributed by atoms with Crippen LogP contribution in [0, 0.1) is 0 Å². The first-order valence-corrected chi connectivity index (χ1v) is 9.53. The summed E-state index contributed by atoms with van der Waals surface area (Å²) in [6.07, 6.45) is 7.23. The van der Waals surface area contributed by atoms with E-state index in [0.29, 0.717) is 11.3 Å².